The van der Waals surface area contributed by atoms with Crippen LogP contribution in [0.15, 0.2) is 24.3 Å². The van der Waals surface area contributed by atoms with E-state index < -0.39 is 0 Å². The number of hydrogen-bond acceptors (Lipinski definition) is 1. The molecule has 0 unspecified atom stereocenters. The zero-order valence-electron chi connectivity index (χ0n) is 11.6. The Morgan fingerprint density at radius 3 is 2.55 bits per heavy atom. The first-order chi connectivity index (χ1) is 9.72. The Morgan fingerprint density at radius 2 is 1.80 bits per heavy atom. The molecule has 108 valence electrons. The highest BCUT2D eigenvalue weighted by molar-refractivity contribution is 6.30. The summed E-state index contributed by atoms with van der Waals surface area (Å²) < 4.78 is 0. The van der Waals surface area contributed by atoms with E-state index in [2.05, 4.69) is 5.32 Å². The van der Waals surface area contributed by atoms with Gasteiger partial charge in [0.05, 0.1) is 0 Å². The molecule has 1 saturated heterocycles. The maximum absolute atomic E-state index is 12.3. The lowest BCUT2D eigenvalue weighted by atomic mass is 9.75. The highest BCUT2D eigenvalue weighted by Crippen LogP contribution is 2.36. The smallest absolute Gasteiger partial charge is 0.321 e. The van der Waals surface area contributed by atoms with Crippen LogP contribution in [0.2, 0.25) is 5.02 Å². The molecule has 2 fully saturated rings. The van der Waals surface area contributed by atoms with Crippen molar-refractivity contribution < 1.29 is 4.79 Å². The summed E-state index contributed by atoms with van der Waals surface area (Å²) >= 11 is 5.85. The SMILES string of the molecule is O=C(Nc1ccc(Cl)cc1)N1CC[C@@H]2CCCC[C@@H]2C1. The van der Waals surface area contributed by atoms with Crippen molar-refractivity contribution in [1.29, 1.82) is 0 Å². The molecule has 3 nitrogen and oxygen atoms in total. The number of anilines is 1. The van der Waals surface area contributed by atoms with Crippen molar-refractivity contribution in [2.24, 2.45) is 11.8 Å². The van der Waals surface area contributed by atoms with Gasteiger partial charge in [0.25, 0.3) is 0 Å². The molecule has 2 atom stereocenters. The summed E-state index contributed by atoms with van der Waals surface area (Å²) in [5, 5.41) is 3.65. The van der Waals surface area contributed by atoms with Gasteiger partial charge in [-0.2, -0.15) is 0 Å². The maximum atomic E-state index is 12.3. The first kappa shape index (κ1) is 13.7. The van der Waals surface area contributed by atoms with Crippen molar-refractivity contribution in [3.8, 4) is 0 Å². The second-order valence-electron chi connectivity index (χ2n) is 5.98. The number of benzene rings is 1. The monoisotopic (exact) mass is 292 g/mol. The summed E-state index contributed by atoms with van der Waals surface area (Å²) in [5.41, 5.74) is 0.810. The minimum Gasteiger partial charge on any atom is -0.324 e. The van der Waals surface area contributed by atoms with Gasteiger partial charge in [-0.1, -0.05) is 30.9 Å². The van der Waals surface area contributed by atoms with E-state index in [4.69, 9.17) is 11.6 Å². The average molecular weight is 293 g/mol. The molecule has 20 heavy (non-hydrogen) atoms. The number of amides is 2. The molecule has 0 spiro atoms. The van der Waals surface area contributed by atoms with Gasteiger partial charge in [0.15, 0.2) is 0 Å². The van der Waals surface area contributed by atoms with Gasteiger partial charge >= 0.3 is 6.03 Å². The Labute approximate surface area is 125 Å². The van der Waals surface area contributed by atoms with Crippen LogP contribution >= 0.6 is 11.6 Å². The number of nitrogens with one attached hydrogen (secondary N) is 1. The zero-order valence-corrected chi connectivity index (χ0v) is 12.4. The first-order valence-corrected chi connectivity index (χ1v) is 7.91. The lowest BCUT2D eigenvalue weighted by Crippen LogP contribution is -2.46. The number of halogens is 1. The summed E-state index contributed by atoms with van der Waals surface area (Å²) in [6.07, 6.45) is 6.51. The Kier molecular flexibility index (Phi) is 4.16. The van der Waals surface area contributed by atoms with Gasteiger partial charge in [0.1, 0.15) is 0 Å². The van der Waals surface area contributed by atoms with Crippen LogP contribution in [0.25, 0.3) is 0 Å². The normalized spacial score (nSPS) is 25.9. The molecular weight excluding hydrogens is 272 g/mol. The fourth-order valence-electron chi connectivity index (χ4n) is 3.52. The van der Waals surface area contributed by atoms with E-state index in [0.29, 0.717) is 10.9 Å². The van der Waals surface area contributed by atoms with Gasteiger partial charge in [-0.3, -0.25) is 0 Å². The molecule has 1 N–H and O–H groups in total. The summed E-state index contributed by atoms with van der Waals surface area (Å²) in [7, 11) is 0. The highest BCUT2D eigenvalue weighted by atomic mass is 35.5. The second kappa shape index (κ2) is 6.04. The molecule has 2 aliphatic rings. The minimum atomic E-state index is 0.0244. The Bertz CT molecular complexity index is 474. The van der Waals surface area contributed by atoms with Crippen molar-refractivity contribution in [3.63, 3.8) is 0 Å². The number of likely N-dealkylation sites (tertiary alicyclic amines) is 1. The third kappa shape index (κ3) is 3.09. The van der Waals surface area contributed by atoms with E-state index in [1.807, 2.05) is 17.0 Å². The average Bonchev–Trinajstić information content (AvgIpc) is 2.49. The number of hydrogen-bond donors (Lipinski definition) is 1. The number of nitrogens with zero attached hydrogens (tertiary/aromatic N) is 1. The molecular formula is C16H21ClN2O. The Hall–Kier alpha value is -1.22. The van der Waals surface area contributed by atoms with Crippen molar-refractivity contribution in [2.45, 2.75) is 32.1 Å². The molecule has 1 saturated carbocycles. The van der Waals surface area contributed by atoms with Gasteiger partial charge in [0.2, 0.25) is 0 Å². The van der Waals surface area contributed by atoms with Crippen LogP contribution in [-0.2, 0) is 0 Å². The van der Waals surface area contributed by atoms with Gasteiger partial charge in [-0.05, 0) is 48.9 Å². The van der Waals surface area contributed by atoms with E-state index >= 15 is 0 Å². The molecule has 1 aromatic rings. The Balaban J connectivity index is 1.58. The predicted octanol–water partition coefficient (Wildman–Crippen LogP) is 4.38. The number of fused-ring (bicyclic) bond motifs is 1. The predicted molar refractivity (Wildman–Crippen MR) is 82.1 cm³/mol. The van der Waals surface area contributed by atoms with Crippen LogP contribution in [0, 0.1) is 11.8 Å². The first-order valence-electron chi connectivity index (χ1n) is 7.54. The topological polar surface area (TPSA) is 32.3 Å². The van der Waals surface area contributed by atoms with E-state index in [-0.39, 0.29) is 6.03 Å². The molecule has 0 radical (unpaired) electrons. The summed E-state index contributed by atoms with van der Waals surface area (Å²) in [6.45, 7) is 1.81. The van der Waals surface area contributed by atoms with Gasteiger partial charge in [-0.15, -0.1) is 0 Å². The quantitative estimate of drug-likeness (QED) is 0.818. The lowest BCUT2D eigenvalue weighted by Gasteiger charge is -2.41. The van der Waals surface area contributed by atoms with Crippen molar-refractivity contribution in [3.05, 3.63) is 29.3 Å². The fraction of sp³-hybridized carbons (Fsp3) is 0.562. The number of piperidine rings is 1. The summed E-state index contributed by atoms with van der Waals surface area (Å²) in [4.78, 5) is 14.3. The molecule has 1 aliphatic carbocycles. The minimum absolute atomic E-state index is 0.0244. The number of carbonyl (C=O) groups excluding carboxylic acids is 1. The van der Waals surface area contributed by atoms with E-state index in [9.17, 15) is 4.79 Å². The molecule has 1 heterocycles. The molecule has 2 amide bonds. The lowest BCUT2D eigenvalue weighted by molar-refractivity contribution is 0.108. The third-order valence-corrected chi connectivity index (χ3v) is 4.93. The zero-order chi connectivity index (χ0) is 13.9. The van der Waals surface area contributed by atoms with Crippen LogP contribution in [-0.4, -0.2) is 24.0 Å². The summed E-state index contributed by atoms with van der Waals surface area (Å²) in [5.74, 6) is 1.57. The van der Waals surface area contributed by atoms with Crippen molar-refractivity contribution in [1.82, 2.24) is 4.90 Å². The van der Waals surface area contributed by atoms with E-state index in [0.717, 1.165) is 24.7 Å². The standard InChI is InChI=1S/C16H21ClN2O/c17-14-5-7-15(8-6-14)18-16(20)19-10-9-12-3-1-2-4-13(12)11-19/h5-8,12-13H,1-4,9-11H2,(H,18,20)/t12-,13+/m0/s1. The fourth-order valence-corrected chi connectivity index (χ4v) is 3.65. The van der Waals surface area contributed by atoms with Crippen molar-refractivity contribution >= 4 is 23.3 Å². The Morgan fingerprint density at radius 1 is 1.10 bits per heavy atom. The molecule has 4 heteroatoms. The number of carbonyl (C=O) groups is 1. The molecule has 3 rings (SSSR count). The van der Waals surface area contributed by atoms with Gasteiger partial charge in [0, 0.05) is 23.8 Å². The van der Waals surface area contributed by atoms with Crippen LogP contribution in [0.1, 0.15) is 32.1 Å². The van der Waals surface area contributed by atoms with Crippen LogP contribution < -0.4 is 5.32 Å². The number of urea groups is 1. The highest BCUT2D eigenvalue weighted by Gasteiger charge is 2.32. The largest absolute Gasteiger partial charge is 0.324 e. The van der Waals surface area contributed by atoms with Crippen LogP contribution in [0.5, 0.6) is 0 Å². The van der Waals surface area contributed by atoms with E-state index in [1.165, 1.54) is 32.1 Å². The van der Waals surface area contributed by atoms with Gasteiger partial charge < -0.3 is 10.2 Å². The molecule has 1 aliphatic heterocycles. The van der Waals surface area contributed by atoms with Gasteiger partial charge in [-0.25, -0.2) is 4.79 Å². The van der Waals surface area contributed by atoms with Crippen molar-refractivity contribution in [2.75, 3.05) is 18.4 Å². The maximum Gasteiger partial charge on any atom is 0.321 e. The van der Waals surface area contributed by atoms with Crippen LogP contribution in [0.3, 0.4) is 0 Å². The molecule has 0 bridgehead atoms. The van der Waals surface area contributed by atoms with Crippen LogP contribution in [0.4, 0.5) is 10.5 Å². The summed E-state index contributed by atoms with van der Waals surface area (Å²) in [6, 6.07) is 7.30. The van der Waals surface area contributed by atoms with E-state index in [1.54, 1.807) is 12.1 Å². The molecule has 1 aromatic carbocycles. The second-order valence-corrected chi connectivity index (χ2v) is 6.41. The third-order valence-electron chi connectivity index (χ3n) is 4.67. The number of rotatable bonds is 1. The molecule has 0 aromatic heterocycles.